The highest BCUT2D eigenvalue weighted by Gasteiger charge is 2.34. The molecule has 0 aliphatic rings. The molecular weight excluding hydrogens is 306 g/mol. The van der Waals surface area contributed by atoms with Crippen molar-refractivity contribution < 1.29 is 32.7 Å². The average molecular weight is 323 g/mol. The van der Waals surface area contributed by atoms with E-state index in [0.717, 1.165) is 13.8 Å². The predicted octanol–water partition coefficient (Wildman–Crippen LogP) is -2.17. The van der Waals surface area contributed by atoms with Crippen LogP contribution in [0.1, 0.15) is 13.8 Å². The first-order chi connectivity index (χ1) is 9.51. The molecule has 0 aliphatic carbocycles. The van der Waals surface area contributed by atoms with Gasteiger partial charge in [0, 0.05) is 14.0 Å². The smallest absolute Gasteiger partial charge is 0.327 e. The third-order valence-corrected chi connectivity index (χ3v) is 4.54. The van der Waals surface area contributed by atoms with Gasteiger partial charge in [-0.2, -0.15) is 0 Å². The van der Waals surface area contributed by atoms with Crippen molar-refractivity contribution in [2.24, 2.45) is 0 Å². The molecule has 2 atom stereocenters. The van der Waals surface area contributed by atoms with Gasteiger partial charge in [-0.3, -0.25) is 14.9 Å². The van der Waals surface area contributed by atoms with Crippen molar-refractivity contribution in [3.63, 3.8) is 0 Å². The van der Waals surface area contributed by atoms with Gasteiger partial charge < -0.3 is 15.7 Å². The number of hydrogen-bond donors (Lipinski definition) is 4. The van der Waals surface area contributed by atoms with Gasteiger partial charge in [-0.05, 0) is 6.92 Å². The van der Waals surface area contributed by atoms with E-state index in [1.807, 2.05) is 5.32 Å². The van der Waals surface area contributed by atoms with Gasteiger partial charge in [0.25, 0.3) is 0 Å². The number of hydrogen-bond acceptors (Lipinski definition) is 6. The summed E-state index contributed by atoms with van der Waals surface area (Å²) in [5.41, 5.74) is 0. The molecule has 0 aromatic heterocycles. The minimum absolute atomic E-state index is 0.722. The number of carboxylic acid groups (broad SMARTS) is 1. The highest BCUT2D eigenvalue weighted by molar-refractivity contribution is 7.92. The predicted molar refractivity (Wildman–Crippen MR) is 71.1 cm³/mol. The minimum Gasteiger partial charge on any atom is -0.480 e. The Labute approximate surface area is 121 Å². The van der Waals surface area contributed by atoms with Crippen molar-refractivity contribution in [1.82, 2.24) is 16.0 Å². The Bertz CT molecular complexity index is 543. The third-order valence-electron chi connectivity index (χ3n) is 2.45. The molecule has 0 heterocycles. The van der Waals surface area contributed by atoms with E-state index in [0.29, 0.717) is 0 Å². The Morgan fingerprint density at radius 3 is 2.10 bits per heavy atom. The number of rotatable bonds is 6. The number of imide groups is 1. The summed E-state index contributed by atoms with van der Waals surface area (Å²) in [6.45, 7) is 2.05. The fourth-order valence-electron chi connectivity index (χ4n) is 1.24. The average Bonchev–Trinajstić information content (AvgIpc) is 2.35. The van der Waals surface area contributed by atoms with Crippen molar-refractivity contribution in [1.29, 1.82) is 0 Å². The van der Waals surface area contributed by atoms with E-state index in [2.05, 4.69) is 5.32 Å². The fraction of sp³-hybridized carbons (Fsp3) is 0.600. The van der Waals surface area contributed by atoms with Crippen LogP contribution in [0.15, 0.2) is 0 Å². The fourth-order valence-corrected chi connectivity index (χ4v) is 2.60. The zero-order chi connectivity index (χ0) is 16.8. The zero-order valence-electron chi connectivity index (χ0n) is 11.7. The molecule has 0 radical (unpaired) electrons. The normalized spacial score (nSPS) is 13.7. The summed E-state index contributed by atoms with van der Waals surface area (Å²) >= 11 is 0. The first-order valence-corrected chi connectivity index (χ1v) is 7.46. The molecule has 4 N–H and O–H groups in total. The van der Waals surface area contributed by atoms with E-state index < -0.39 is 50.7 Å². The molecule has 0 saturated heterocycles. The van der Waals surface area contributed by atoms with Crippen molar-refractivity contribution in [3.05, 3.63) is 0 Å². The van der Waals surface area contributed by atoms with Gasteiger partial charge in [-0.15, -0.1) is 0 Å². The Morgan fingerprint density at radius 2 is 1.71 bits per heavy atom. The Kier molecular flexibility index (Phi) is 6.79. The maximum Gasteiger partial charge on any atom is 0.327 e. The van der Waals surface area contributed by atoms with Crippen LogP contribution in [-0.2, 0) is 24.2 Å². The lowest BCUT2D eigenvalue weighted by molar-refractivity contribution is -0.140. The summed E-state index contributed by atoms with van der Waals surface area (Å²) in [4.78, 5) is 44.2. The standard InChI is InChI=1S/C10H17N3O7S/c1-5(8(15)13-10(18)11-3)21(19,20)4-7(9(16)17)12-6(2)14/h5,7H,4H2,1-3H3,(H,12,14)(H,16,17)(H2,11,13,15,18)/t5?,7-/m0/s1. The molecule has 1 unspecified atom stereocenters. The molecule has 11 heteroatoms. The lowest BCUT2D eigenvalue weighted by Crippen LogP contribution is -2.50. The molecule has 0 aromatic rings. The first kappa shape index (κ1) is 18.8. The summed E-state index contributed by atoms with van der Waals surface area (Å²) in [6, 6.07) is -2.57. The largest absolute Gasteiger partial charge is 0.480 e. The second kappa shape index (κ2) is 7.57. The van der Waals surface area contributed by atoms with E-state index in [1.54, 1.807) is 5.32 Å². The van der Waals surface area contributed by atoms with E-state index in [9.17, 15) is 27.6 Å². The zero-order valence-corrected chi connectivity index (χ0v) is 12.5. The number of aliphatic carboxylic acids is 1. The van der Waals surface area contributed by atoms with Gasteiger partial charge in [-0.1, -0.05) is 0 Å². The molecule has 0 spiro atoms. The van der Waals surface area contributed by atoms with Crippen LogP contribution in [0, 0.1) is 0 Å². The van der Waals surface area contributed by atoms with E-state index in [-0.39, 0.29) is 0 Å². The van der Waals surface area contributed by atoms with E-state index in [1.165, 1.54) is 7.05 Å². The highest BCUT2D eigenvalue weighted by Crippen LogP contribution is 2.05. The minimum atomic E-state index is -4.19. The monoisotopic (exact) mass is 323 g/mol. The van der Waals surface area contributed by atoms with Crippen molar-refractivity contribution in [2.75, 3.05) is 12.8 Å². The number of carbonyl (C=O) groups is 4. The van der Waals surface area contributed by atoms with Gasteiger partial charge in [0.2, 0.25) is 11.8 Å². The second-order valence-electron chi connectivity index (χ2n) is 4.13. The topological polar surface area (TPSA) is 159 Å². The van der Waals surface area contributed by atoms with Crippen molar-refractivity contribution >= 4 is 33.7 Å². The quantitative estimate of drug-likeness (QED) is 0.433. The number of urea groups is 1. The maximum absolute atomic E-state index is 11.9. The summed E-state index contributed by atoms with van der Waals surface area (Å²) in [7, 11) is -2.96. The number of carboxylic acids is 1. The van der Waals surface area contributed by atoms with Crippen LogP contribution in [0.5, 0.6) is 0 Å². The second-order valence-corrected chi connectivity index (χ2v) is 6.50. The van der Waals surface area contributed by atoms with Crippen LogP contribution in [0.4, 0.5) is 4.79 Å². The molecule has 10 nitrogen and oxygen atoms in total. The summed E-state index contributed by atoms with van der Waals surface area (Å²) in [5, 5.41) is 13.0. The summed E-state index contributed by atoms with van der Waals surface area (Å²) < 4.78 is 23.9. The van der Waals surface area contributed by atoms with E-state index >= 15 is 0 Å². The van der Waals surface area contributed by atoms with Crippen LogP contribution in [-0.4, -0.2) is 61.4 Å². The van der Waals surface area contributed by atoms with Crippen LogP contribution in [0.2, 0.25) is 0 Å². The molecular formula is C10H17N3O7S. The van der Waals surface area contributed by atoms with Gasteiger partial charge in [0.1, 0.15) is 11.3 Å². The molecule has 0 bridgehead atoms. The molecule has 120 valence electrons. The number of nitrogens with one attached hydrogen (secondary N) is 3. The molecule has 0 aromatic carbocycles. The maximum atomic E-state index is 11.9. The Morgan fingerprint density at radius 1 is 1.19 bits per heavy atom. The Hall–Kier alpha value is -2.17. The summed E-state index contributed by atoms with van der Waals surface area (Å²) in [6.07, 6.45) is 0. The number of amides is 4. The highest BCUT2D eigenvalue weighted by atomic mass is 32.2. The number of carbonyl (C=O) groups excluding carboxylic acids is 3. The van der Waals surface area contributed by atoms with Crippen molar-refractivity contribution in [2.45, 2.75) is 25.1 Å². The van der Waals surface area contributed by atoms with Gasteiger partial charge in [0.05, 0.1) is 5.75 Å². The van der Waals surface area contributed by atoms with Crippen LogP contribution < -0.4 is 16.0 Å². The van der Waals surface area contributed by atoms with Crippen LogP contribution in [0.3, 0.4) is 0 Å². The third kappa shape index (κ3) is 6.21. The SMILES string of the molecule is CNC(=O)NC(=O)C(C)S(=O)(=O)C[C@H](NC(C)=O)C(=O)O. The lowest BCUT2D eigenvalue weighted by atomic mass is 10.3. The molecule has 0 rings (SSSR count). The first-order valence-electron chi connectivity index (χ1n) is 5.75. The lowest BCUT2D eigenvalue weighted by Gasteiger charge is -2.17. The Balaban J connectivity index is 5.01. The molecule has 21 heavy (non-hydrogen) atoms. The van der Waals surface area contributed by atoms with Gasteiger partial charge in [0.15, 0.2) is 9.84 Å². The molecule has 0 aliphatic heterocycles. The molecule has 0 fully saturated rings. The van der Waals surface area contributed by atoms with Crippen LogP contribution in [0.25, 0.3) is 0 Å². The van der Waals surface area contributed by atoms with E-state index in [4.69, 9.17) is 5.11 Å². The molecule has 0 saturated carbocycles. The van der Waals surface area contributed by atoms with Crippen LogP contribution >= 0.6 is 0 Å². The van der Waals surface area contributed by atoms with Gasteiger partial charge in [-0.25, -0.2) is 18.0 Å². The summed E-state index contributed by atoms with van der Waals surface area (Å²) in [5.74, 6) is -4.33. The number of sulfone groups is 1. The van der Waals surface area contributed by atoms with Crippen molar-refractivity contribution in [3.8, 4) is 0 Å². The molecule has 4 amide bonds. The van der Waals surface area contributed by atoms with Gasteiger partial charge >= 0.3 is 12.0 Å².